The summed E-state index contributed by atoms with van der Waals surface area (Å²) in [6.07, 6.45) is 5.09. The van der Waals surface area contributed by atoms with E-state index in [0.717, 1.165) is 15.5 Å². The molecule has 0 spiro atoms. The van der Waals surface area contributed by atoms with Crippen LogP contribution in [0.4, 0.5) is 0 Å². The highest BCUT2D eigenvalue weighted by molar-refractivity contribution is 9.11. The Labute approximate surface area is 119 Å². The Morgan fingerprint density at radius 3 is 2.29 bits per heavy atom. The van der Waals surface area contributed by atoms with Crippen LogP contribution >= 0.6 is 31.9 Å². The molecule has 1 aromatic carbocycles. The van der Waals surface area contributed by atoms with Crippen LogP contribution in [0.5, 0.6) is 5.75 Å². The molecule has 0 radical (unpaired) electrons. The van der Waals surface area contributed by atoms with Crippen LogP contribution in [0.3, 0.4) is 0 Å². The SMILES string of the molecule is CCC1(NCc2cc(Br)c(O)c(Br)c2)CCC1. The first-order valence-corrected chi connectivity index (χ1v) is 7.57. The maximum atomic E-state index is 9.65. The van der Waals surface area contributed by atoms with Gasteiger partial charge in [-0.15, -0.1) is 0 Å². The molecule has 0 amide bonds. The number of phenolic OH excluding ortho intramolecular Hbond substituents is 1. The van der Waals surface area contributed by atoms with E-state index in [1.165, 1.54) is 31.2 Å². The molecule has 0 unspecified atom stereocenters. The van der Waals surface area contributed by atoms with Gasteiger partial charge in [0.2, 0.25) is 0 Å². The predicted molar refractivity (Wildman–Crippen MR) is 77.2 cm³/mol. The second-order valence-electron chi connectivity index (χ2n) is 4.75. The number of phenols is 1. The Balaban J connectivity index is 2.04. The van der Waals surface area contributed by atoms with Crippen LogP contribution in [0, 0.1) is 0 Å². The minimum atomic E-state index is 0.266. The van der Waals surface area contributed by atoms with Crippen molar-refractivity contribution in [2.45, 2.75) is 44.7 Å². The summed E-state index contributed by atoms with van der Waals surface area (Å²) in [7, 11) is 0. The van der Waals surface area contributed by atoms with Crippen LogP contribution in [-0.4, -0.2) is 10.6 Å². The van der Waals surface area contributed by atoms with Gasteiger partial charge in [-0.1, -0.05) is 6.92 Å². The molecule has 1 aliphatic rings. The van der Waals surface area contributed by atoms with Gasteiger partial charge < -0.3 is 10.4 Å². The van der Waals surface area contributed by atoms with Crippen molar-refractivity contribution in [1.82, 2.24) is 5.32 Å². The average molecular weight is 363 g/mol. The van der Waals surface area contributed by atoms with E-state index in [1.807, 2.05) is 12.1 Å². The van der Waals surface area contributed by atoms with Crippen molar-refractivity contribution in [2.75, 3.05) is 0 Å². The van der Waals surface area contributed by atoms with Crippen LogP contribution in [0.1, 0.15) is 38.2 Å². The largest absolute Gasteiger partial charge is 0.506 e. The molecule has 0 aromatic heterocycles. The molecule has 1 aliphatic carbocycles. The second-order valence-corrected chi connectivity index (χ2v) is 6.46. The van der Waals surface area contributed by atoms with E-state index >= 15 is 0 Å². The van der Waals surface area contributed by atoms with Gasteiger partial charge in [-0.2, -0.15) is 0 Å². The van der Waals surface area contributed by atoms with Crippen molar-refractivity contribution in [3.63, 3.8) is 0 Å². The van der Waals surface area contributed by atoms with Gasteiger partial charge in [-0.25, -0.2) is 0 Å². The van der Waals surface area contributed by atoms with Crippen LogP contribution < -0.4 is 5.32 Å². The zero-order valence-electron chi connectivity index (χ0n) is 9.89. The smallest absolute Gasteiger partial charge is 0.143 e. The molecule has 2 N–H and O–H groups in total. The molecule has 1 fully saturated rings. The number of nitrogens with one attached hydrogen (secondary N) is 1. The molecule has 0 heterocycles. The van der Waals surface area contributed by atoms with Crippen molar-refractivity contribution in [3.05, 3.63) is 26.6 Å². The van der Waals surface area contributed by atoms with E-state index in [0.29, 0.717) is 5.54 Å². The lowest BCUT2D eigenvalue weighted by Crippen LogP contribution is -2.49. The molecule has 1 saturated carbocycles. The molecule has 4 heteroatoms. The summed E-state index contributed by atoms with van der Waals surface area (Å²) in [5.41, 5.74) is 1.54. The molecule has 0 bridgehead atoms. The van der Waals surface area contributed by atoms with Crippen molar-refractivity contribution in [3.8, 4) is 5.75 Å². The zero-order valence-corrected chi connectivity index (χ0v) is 13.1. The number of hydrogen-bond donors (Lipinski definition) is 2. The summed E-state index contributed by atoms with van der Waals surface area (Å²) in [5, 5.41) is 13.3. The van der Waals surface area contributed by atoms with Crippen LogP contribution in [0.25, 0.3) is 0 Å². The highest BCUT2D eigenvalue weighted by Gasteiger charge is 2.34. The lowest BCUT2D eigenvalue weighted by atomic mass is 9.75. The minimum absolute atomic E-state index is 0.266. The van der Waals surface area contributed by atoms with E-state index in [9.17, 15) is 5.11 Å². The Morgan fingerprint density at radius 2 is 1.88 bits per heavy atom. The average Bonchev–Trinajstić information content (AvgIpc) is 2.25. The third-order valence-electron chi connectivity index (χ3n) is 3.73. The van der Waals surface area contributed by atoms with Gasteiger partial charge in [0.1, 0.15) is 5.75 Å². The van der Waals surface area contributed by atoms with Crippen molar-refractivity contribution in [1.29, 1.82) is 0 Å². The molecule has 1 aromatic rings. The van der Waals surface area contributed by atoms with E-state index in [1.54, 1.807) is 0 Å². The number of hydrogen-bond acceptors (Lipinski definition) is 2. The van der Waals surface area contributed by atoms with Crippen LogP contribution in [-0.2, 0) is 6.54 Å². The second kappa shape index (κ2) is 5.29. The fraction of sp³-hybridized carbons (Fsp3) is 0.538. The molecular formula is C13H17Br2NO. The standard InChI is InChI=1S/C13H17Br2NO/c1-2-13(4-3-5-13)16-8-9-6-10(14)12(17)11(15)7-9/h6-7,16-17H,2-5,8H2,1H3. The van der Waals surface area contributed by atoms with Gasteiger partial charge in [-0.05, 0) is 75.2 Å². The Morgan fingerprint density at radius 1 is 1.29 bits per heavy atom. The van der Waals surface area contributed by atoms with Gasteiger partial charge in [0.05, 0.1) is 8.95 Å². The molecule has 94 valence electrons. The van der Waals surface area contributed by atoms with Gasteiger partial charge in [0, 0.05) is 12.1 Å². The Kier molecular flexibility index (Phi) is 4.16. The van der Waals surface area contributed by atoms with E-state index in [-0.39, 0.29) is 5.75 Å². The molecule has 0 aliphatic heterocycles. The topological polar surface area (TPSA) is 32.3 Å². The van der Waals surface area contributed by atoms with Gasteiger partial charge >= 0.3 is 0 Å². The van der Waals surface area contributed by atoms with Crippen molar-refractivity contribution < 1.29 is 5.11 Å². The van der Waals surface area contributed by atoms with Gasteiger partial charge in [0.25, 0.3) is 0 Å². The van der Waals surface area contributed by atoms with Gasteiger partial charge in [-0.3, -0.25) is 0 Å². The number of rotatable bonds is 4. The molecule has 0 saturated heterocycles. The highest BCUT2D eigenvalue weighted by atomic mass is 79.9. The van der Waals surface area contributed by atoms with Crippen LogP contribution in [0.15, 0.2) is 21.1 Å². The first-order chi connectivity index (χ1) is 8.06. The first-order valence-electron chi connectivity index (χ1n) is 5.98. The Bertz CT molecular complexity index is 387. The minimum Gasteiger partial charge on any atom is -0.506 e. The number of halogens is 2. The lowest BCUT2D eigenvalue weighted by molar-refractivity contribution is 0.175. The Hall–Kier alpha value is -0.0600. The van der Waals surface area contributed by atoms with E-state index in [2.05, 4.69) is 44.1 Å². The normalized spacial score (nSPS) is 17.8. The highest BCUT2D eigenvalue weighted by Crippen LogP contribution is 2.36. The molecule has 17 heavy (non-hydrogen) atoms. The monoisotopic (exact) mass is 361 g/mol. The molecular weight excluding hydrogens is 346 g/mol. The maximum absolute atomic E-state index is 9.65. The van der Waals surface area contributed by atoms with E-state index < -0.39 is 0 Å². The fourth-order valence-corrected chi connectivity index (χ4v) is 3.55. The summed E-state index contributed by atoms with van der Waals surface area (Å²) >= 11 is 6.72. The summed E-state index contributed by atoms with van der Waals surface area (Å²) in [6.45, 7) is 3.10. The quantitative estimate of drug-likeness (QED) is 0.834. The zero-order chi connectivity index (χ0) is 12.5. The summed E-state index contributed by atoms with van der Waals surface area (Å²) in [4.78, 5) is 0. The molecule has 2 nitrogen and oxygen atoms in total. The number of benzene rings is 1. The predicted octanol–water partition coefficient (Wildman–Crippen LogP) is 4.34. The molecule has 2 rings (SSSR count). The van der Waals surface area contributed by atoms with Gasteiger partial charge in [0.15, 0.2) is 0 Å². The number of aromatic hydroxyl groups is 1. The maximum Gasteiger partial charge on any atom is 0.143 e. The summed E-state index contributed by atoms with van der Waals surface area (Å²) in [6, 6.07) is 3.93. The summed E-state index contributed by atoms with van der Waals surface area (Å²) in [5.74, 6) is 0.266. The third-order valence-corrected chi connectivity index (χ3v) is 4.94. The fourth-order valence-electron chi connectivity index (χ4n) is 2.27. The van der Waals surface area contributed by atoms with Crippen molar-refractivity contribution in [2.24, 2.45) is 0 Å². The lowest BCUT2D eigenvalue weighted by Gasteiger charge is -2.42. The molecule has 0 atom stereocenters. The third kappa shape index (κ3) is 2.85. The summed E-state index contributed by atoms with van der Waals surface area (Å²) < 4.78 is 1.48. The van der Waals surface area contributed by atoms with E-state index in [4.69, 9.17) is 0 Å². The van der Waals surface area contributed by atoms with Crippen LogP contribution in [0.2, 0.25) is 0 Å². The van der Waals surface area contributed by atoms with Crippen molar-refractivity contribution >= 4 is 31.9 Å². The first kappa shape index (κ1) is 13.4.